The second-order valence-electron chi connectivity index (χ2n) is 7.43. The average molecular weight is 404 g/mol. The Kier molecular flexibility index (Phi) is 9.94. The number of nitrogens with two attached hydrogens (primary N) is 1. The van der Waals surface area contributed by atoms with Crippen LogP contribution in [0.15, 0.2) is 29.3 Å². The van der Waals surface area contributed by atoms with Gasteiger partial charge in [-0.1, -0.05) is 38.8 Å². The van der Waals surface area contributed by atoms with Crippen LogP contribution in [0.25, 0.3) is 0 Å². The highest BCUT2D eigenvalue weighted by Crippen LogP contribution is 2.19. The SMILES string of the molecule is CCNC(=NCc1ccc(C(N)=O)cc1)NCC(C(CC)CC)N1CCOCC1. The number of benzene rings is 1. The predicted octanol–water partition coefficient (Wildman–Crippen LogP) is 1.98. The predicted molar refractivity (Wildman–Crippen MR) is 118 cm³/mol. The molecule has 0 saturated carbocycles. The minimum Gasteiger partial charge on any atom is -0.379 e. The molecule has 4 N–H and O–H groups in total. The number of carbonyl (C=O) groups excluding carboxylic acids is 1. The smallest absolute Gasteiger partial charge is 0.248 e. The van der Waals surface area contributed by atoms with Crippen molar-refractivity contribution >= 4 is 11.9 Å². The summed E-state index contributed by atoms with van der Waals surface area (Å²) in [5.41, 5.74) is 6.86. The molecule has 0 aliphatic carbocycles. The van der Waals surface area contributed by atoms with E-state index in [9.17, 15) is 4.79 Å². The molecule has 1 atom stereocenters. The molecule has 1 aromatic carbocycles. The van der Waals surface area contributed by atoms with Crippen LogP contribution in [0.3, 0.4) is 0 Å². The number of hydrogen-bond acceptors (Lipinski definition) is 4. The number of morpholine rings is 1. The fraction of sp³-hybridized carbons (Fsp3) is 0.636. The zero-order chi connectivity index (χ0) is 21.1. The molecule has 0 aromatic heterocycles. The van der Waals surface area contributed by atoms with Crippen molar-refractivity contribution in [2.24, 2.45) is 16.6 Å². The summed E-state index contributed by atoms with van der Waals surface area (Å²) in [5.74, 6) is 1.05. The van der Waals surface area contributed by atoms with Crippen molar-refractivity contribution in [1.29, 1.82) is 0 Å². The average Bonchev–Trinajstić information content (AvgIpc) is 2.75. The summed E-state index contributed by atoms with van der Waals surface area (Å²) in [6.07, 6.45) is 2.33. The number of ether oxygens (including phenoxy) is 1. The van der Waals surface area contributed by atoms with Crippen LogP contribution in [-0.4, -0.2) is 62.2 Å². The number of aliphatic imine (C=N–C) groups is 1. The zero-order valence-corrected chi connectivity index (χ0v) is 18.1. The van der Waals surface area contributed by atoms with Crippen molar-refractivity contribution in [3.8, 4) is 0 Å². The van der Waals surface area contributed by atoms with Crippen molar-refractivity contribution in [2.45, 2.75) is 46.2 Å². The Morgan fingerprint density at radius 2 is 1.79 bits per heavy atom. The second kappa shape index (κ2) is 12.4. The van der Waals surface area contributed by atoms with Gasteiger partial charge in [0, 0.05) is 37.8 Å². The first-order valence-corrected chi connectivity index (χ1v) is 10.8. The molecule has 162 valence electrons. The fourth-order valence-electron chi connectivity index (χ4n) is 3.82. The summed E-state index contributed by atoms with van der Waals surface area (Å²) in [7, 11) is 0. The van der Waals surface area contributed by atoms with Gasteiger partial charge in [-0.3, -0.25) is 9.69 Å². The summed E-state index contributed by atoms with van der Waals surface area (Å²) >= 11 is 0. The van der Waals surface area contributed by atoms with Gasteiger partial charge in [0.2, 0.25) is 5.91 Å². The van der Waals surface area contributed by atoms with Crippen LogP contribution in [0, 0.1) is 5.92 Å². The lowest BCUT2D eigenvalue weighted by Crippen LogP contribution is -2.53. The second-order valence-corrected chi connectivity index (χ2v) is 7.43. The highest BCUT2D eigenvalue weighted by Gasteiger charge is 2.27. The third-order valence-corrected chi connectivity index (χ3v) is 5.59. The summed E-state index contributed by atoms with van der Waals surface area (Å²) < 4.78 is 5.54. The molecule has 1 saturated heterocycles. The van der Waals surface area contributed by atoms with Crippen molar-refractivity contribution < 1.29 is 9.53 Å². The van der Waals surface area contributed by atoms with Crippen LogP contribution in [0.5, 0.6) is 0 Å². The van der Waals surface area contributed by atoms with Gasteiger partial charge in [0.05, 0.1) is 19.8 Å². The Bertz CT molecular complexity index is 637. The van der Waals surface area contributed by atoms with Crippen LogP contribution >= 0.6 is 0 Å². The van der Waals surface area contributed by atoms with Crippen molar-refractivity contribution in [3.05, 3.63) is 35.4 Å². The zero-order valence-electron chi connectivity index (χ0n) is 18.1. The number of hydrogen-bond donors (Lipinski definition) is 3. The van der Waals surface area contributed by atoms with Crippen molar-refractivity contribution in [1.82, 2.24) is 15.5 Å². The van der Waals surface area contributed by atoms with E-state index in [-0.39, 0.29) is 0 Å². The first-order valence-electron chi connectivity index (χ1n) is 10.8. The van der Waals surface area contributed by atoms with Gasteiger partial charge in [-0.2, -0.15) is 0 Å². The van der Waals surface area contributed by atoms with E-state index in [2.05, 4.69) is 36.3 Å². The van der Waals surface area contributed by atoms with Crippen LogP contribution in [0.4, 0.5) is 0 Å². The molecule has 1 aliphatic heterocycles. The number of nitrogens with one attached hydrogen (secondary N) is 2. The van der Waals surface area contributed by atoms with Crippen molar-refractivity contribution in [3.63, 3.8) is 0 Å². The summed E-state index contributed by atoms with van der Waals surface area (Å²) in [5, 5.41) is 6.89. The molecule has 1 unspecified atom stereocenters. The third kappa shape index (κ3) is 7.33. The molecule has 29 heavy (non-hydrogen) atoms. The van der Waals surface area contributed by atoms with E-state index in [1.165, 1.54) is 12.8 Å². The molecule has 0 spiro atoms. The molecule has 2 rings (SSSR count). The number of nitrogens with zero attached hydrogens (tertiary/aromatic N) is 2. The van der Waals surface area contributed by atoms with Crippen LogP contribution < -0.4 is 16.4 Å². The molecule has 1 aliphatic rings. The van der Waals surface area contributed by atoms with E-state index in [0.717, 1.165) is 50.9 Å². The maximum Gasteiger partial charge on any atom is 0.248 e. The number of rotatable bonds is 10. The van der Waals surface area contributed by atoms with E-state index < -0.39 is 5.91 Å². The molecule has 1 fully saturated rings. The van der Waals surface area contributed by atoms with Gasteiger partial charge in [-0.05, 0) is 30.5 Å². The van der Waals surface area contributed by atoms with Gasteiger partial charge in [0.25, 0.3) is 0 Å². The maximum absolute atomic E-state index is 11.2. The first kappa shape index (κ1) is 23.2. The Balaban J connectivity index is 2.02. The molecular weight excluding hydrogens is 366 g/mol. The largest absolute Gasteiger partial charge is 0.379 e. The highest BCUT2D eigenvalue weighted by molar-refractivity contribution is 5.92. The van der Waals surface area contributed by atoms with Gasteiger partial charge < -0.3 is 21.1 Å². The Morgan fingerprint density at radius 1 is 1.14 bits per heavy atom. The lowest BCUT2D eigenvalue weighted by Gasteiger charge is -2.39. The number of amides is 1. The van der Waals surface area contributed by atoms with Gasteiger partial charge >= 0.3 is 0 Å². The Hall–Kier alpha value is -2.12. The molecule has 7 nitrogen and oxygen atoms in total. The molecule has 1 aromatic rings. The van der Waals surface area contributed by atoms with Crippen LogP contribution in [0.2, 0.25) is 0 Å². The Labute approximate surface area is 175 Å². The lowest BCUT2D eigenvalue weighted by molar-refractivity contribution is 0.00272. The minimum absolute atomic E-state index is 0.411. The number of guanidine groups is 1. The Morgan fingerprint density at radius 3 is 2.34 bits per heavy atom. The first-order chi connectivity index (χ1) is 14.1. The standard InChI is InChI=1S/C22H37N5O2/c1-4-18(5-2)20(27-11-13-29-14-12-27)16-26-22(24-6-3)25-15-17-7-9-19(10-8-17)21(23)28/h7-10,18,20H,4-6,11-16H2,1-3H3,(H2,23,28)(H2,24,25,26). The molecule has 1 heterocycles. The van der Waals surface area contributed by atoms with Crippen LogP contribution in [-0.2, 0) is 11.3 Å². The molecule has 7 heteroatoms. The van der Waals surface area contributed by atoms with Gasteiger partial charge in [0.1, 0.15) is 0 Å². The fourth-order valence-corrected chi connectivity index (χ4v) is 3.82. The quantitative estimate of drug-likeness (QED) is 0.410. The molecule has 0 bridgehead atoms. The van der Waals surface area contributed by atoms with Gasteiger partial charge in [0.15, 0.2) is 5.96 Å². The normalized spacial score (nSPS) is 16.6. The molecule has 0 radical (unpaired) electrons. The van der Waals surface area contributed by atoms with Crippen LogP contribution in [0.1, 0.15) is 49.5 Å². The monoisotopic (exact) mass is 403 g/mol. The van der Waals surface area contributed by atoms with E-state index in [4.69, 9.17) is 15.5 Å². The minimum atomic E-state index is -0.411. The highest BCUT2D eigenvalue weighted by atomic mass is 16.5. The maximum atomic E-state index is 11.2. The summed E-state index contributed by atoms with van der Waals surface area (Å²) in [6, 6.07) is 7.75. The topological polar surface area (TPSA) is 92.0 Å². The summed E-state index contributed by atoms with van der Waals surface area (Å²) in [4.78, 5) is 18.5. The summed E-state index contributed by atoms with van der Waals surface area (Å²) in [6.45, 7) is 12.4. The van der Waals surface area contributed by atoms with Gasteiger partial charge in [-0.25, -0.2) is 4.99 Å². The van der Waals surface area contributed by atoms with E-state index in [1.54, 1.807) is 12.1 Å². The number of primary amides is 1. The lowest BCUT2D eigenvalue weighted by atomic mass is 9.92. The molecular formula is C22H37N5O2. The van der Waals surface area contributed by atoms with Gasteiger partial charge in [-0.15, -0.1) is 0 Å². The van der Waals surface area contributed by atoms with E-state index >= 15 is 0 Å². The number of carbonyl (C=O) groups is 1. The van der Waals surface area contributed by atoms with E-state index in [1.807, 2.05) is 12.1 Å². The third-order valence-electron chi connectivity index (χ3n) is 5.59. The van der Waals surface area contributed by atoms with E-state index in [0.29, 0.717) is 24.1 Å². The molecule has 1 amide bonds. The van der Waals surface area contributed by atoms with Crippen molar-refractivity contribution in [2.75, 3.05) is 39.4 Å².